The van der Waals surface area contributed by atoms with Gasteiger partial charge in [0.25, 0.3) is 5.56 Å². The van der Waals surface area contributed by atoms with Gasteiger partial charge in [-0.3, -0.25) is 9.59 Å². The molecule has 0 spiro atoms. The van der Waals surface area contributed by atoms with Gasteiger partial charge in [-0.15, -0.1) is 0 Å². The Morgan fingerprint density at radius 2 is 1.85 bits per heavy atom. The van der Waals surface area contributed by atoms with Crippen LogP contribution in [0.1, 0.15) is 63.6 Å². The topological polar surface area (TPSA) is 66.1 Å². The number of fused-ring (bicyclic) bond motifs is 1. The number of nitrogens with one attached hydrogen (secondary N) is 1. The highest BCUT2D eigenvalue weighted by Crippen LogP contribution is 2.21. The van der Waals surface area contributed by atoms with Gasteiger partial charge < -0.3 is 9.88 Å². The van der Waals surface area contributed by atoms with E-state index in [4.69, 9.17) is 0 Å². The Bertz CT molecular complexity index is 791. The summed E-state index contributed by atoms with van der Waals surface area (Å²) in [6.45, 7) is 0. The van der Waals surface area contributed by atoms with Crippen LogP contribution in [-0.2, 0) is 11.2 Å². The monoisotopic (exact) mass is 355 g/mol. The summed E-state index contributed by atoms with van der Waals surface area (Å²) in [5.41, 5.74) is 0.604. The number of aryl methyl sites for hydroxylation is 1. The number of rotatable bonds is 5. The molecule has 1 amide bonds. The van der Waals surface area contributed by atoms with Gasteiger partial charge in [0.1, 0.15) is 5.82 Å². The second-order valence-electron chi connectivity index (χ2n) is 7.39. The molecule has 3 rings (SSSR count). The quantitative estimate of drug-likeness (QED) is 0.887. The Kier molecular flexibility index (Phi) is 6.42. The van der Waals surface area contributed by atoms with Crippen molar-refractivity contribution in [2.45, 2.75) is 70.3 Å². The molecule has 1 aliphatic rings. The number of aromatic nitrogens is 2. The van der Waals surface area contributed by atoms with Gasteiger partial charge in [0, 0.05) is 25.9 Å². The standard InChI is InChI=1S/C21H29N3O2/c1-24(16-10-5-3-2-4-6-11-16)20(25)15-9-14-19-22-18-13-8-7-12-17(18)21(26)23-19/h7-8,12-13,16H,2-6,9-11,14-15H2,1H3,(H,22,23,26). The zero-order valence-corrected chi connectivity index (χ0v) is 15.7. The van der Waals surface area contributed by atoms with Crippen LogP contribution in [0.25, 0.3) is 10.9 Å². The predicted octanol–water partition coefficient (Wildman–Crippen LogP) is 3.82. The number of nitrogens with zero attached hydrogens (tertiary/aromatic N) is 2. The molecule has 5 heteroatoms. The van der Waals surface area contributed by atoms with E-state index in [0.717, 1.165) is 12.8 Å². The lowest BCUT2D eigenvalue weighted by atomic mass is 9.95. The summed E-state index contributed by atoms with van der Waals surface area (Å²) in [6, 6.07) is 7.73. The number of hydrogen-bond donors (Lipinski definition) is 1. The summed E-state index contributed by atoms with van der Waals surface area (Å²) >= 11 is 0. The molecular formula is C21H29N3O2. The van der Waals surface area contributed by atoms with Crippen molar-refractivity contribution in [1.82, 2.24) is 14.9 Å². The molecule has 1 heterocycles. The van der Waals surface area contributed by atoms with Crippen molar-refractivity contribution in [3.63, 3.8) is 0 Å². The Balaban J connectivity index is 1.53. The van der Waals surface area contributed by atoms with Crippen molar-refractivity contribution in [2.75, 3.05) is 7.05 Å². The molecule has 1 fully saturated rings. The van der Waals surface area contributed by atoms with Gasteiger partial charge in [0.15, 0.2) is 0 Å². The number of hydrogen-bond acceptors (Lipinski definition) is 3. The SMILES string of the molecule is CN(C(=O)CCCc1nc2ccccc2c(=O)[nH]1)C1CCCCCCC1. The van der Waals surface area contributed by atoms with Gasteiger partial charge in [-0.2, -0.15) is 0 Å². The molecule has 140 valence electrons. The number of aromatic amines is 1. The average Bonchev–Trinajstić information content (AvgIpc) is 2.61. The van der Waals surface area contributed by atoms with Gasteiger partial charge >= 0.3 is 0 Å². The van der Waals surface area contributed by atoms with Crippen LogP contribution in [0.3, 0.4) is 0 Å². The number of para-hydroxylation sites is 1. The summed E-state index contributed by atoms with van der Waals surface area (Å²) in [4.78, 5) is 34.0. The van der Waals surface area contributed by atoms with Crippen LogP contribution in [0.5, 0.6) is 0 Å². The first-order valence-corrected chi connectivity index (χ1v) is 9.89. The first-order chi connectivity index (χ1) is 12.6. The molecule has 2 aromatic rings. The fourth-order valence-electron chi connectivity index (χ4n) is 3.86. The number of benzene rings is 1. The van der Waals surface area contributed by atoms with Crippen molar-refractivity contribution < 1.29 is 4.79 Å². The summed E-state index contributed by atoms with van der Waals surface area (Å²) < 4.78 is 0. The highest BCUT2D eigenvalue weighted by atomic mass is 16.2. The highest BCUT2D eigenvalue weighted by molar-refractivity contribution is 5.77. The zero-order chi connectivity index (χ0) is 18.4. The molecule has 0 aliphatic heterocycles. The van der Waals surface area contributed by atoms with Crippen molar-refractivity contribution in [3.05, 3.63) is 40.4 Å². The summed E-state index contributed by atoms with van der Waals surface area (Å²) in [5.74, 6) is 0.869. The molecule has 26 heavy (non-hydrogen) atoms. The van der Waals surface area contributed by atoms with E-state index < -0.39 is 0 Å². The van der Waals surface area contributed by atoms with Crippen molar-refractivity contribution in [3.8, 4) is 0 Å². The van der Waals surface area contributed by atoms with Crippen LogP contribution in [0.2, 0.25) is 0 Å². The number of carbonyl (C=O) groups excluding carboxylic acids is 1. The largest absolute Gasteiger partial charge is 0.343 e. The Morgan fingerprint density at radius 3 is 2.62 bits per heavy atom. The first-order valence-electron chi connectivity index (χ1n) is 9.89. The number of amides is 1. The average molecular weight is 355 g/mol. The maximum atomic E-state index is 12.5. The van der Waals surface area contributed by atoms with Crippen LogP contribution in [0, 0.1) is 0 Å². The summed E-state index contributed by atoms with van der Waals surface area (Å²) in [5, 5.41) is 0.608. The van der Waals surface area contributed by atoms with E-state index in [0.29, 0.717) is 42.0 Å². The lowest BCUT2D eigenvalue weighted by molar-refractivity contribution is -0.132. The highest BCUT2D eigenvalue weighted by Gasteiger charge is 2.20. The van der Waals surface area contributed by atoms with Crippen LogP contribution >= 0.6 is 0 Å². The molecule has 5 nitrogen and oxygen atoms in total. The molecule has 0 bridgehead atoms. The second kappa shape index (κ2) is 8.97. The maximum absolute atomic E-state index is 12.5. The van der Waals surface area contributed by atoms with Crippen molar-refractivity contribution in [1.29, 1.82) is 0 Å². The van der Waals surface area contributed by atoms with E-state index in [2.05, 4.69) is 9.97 Å². The molecule has 0 unspecified atom stereocenters. The van der Waals surface area contributed by atoms with E-state index in [9.17, 15) is 9.59 Å². The molecular weight excluding hydrogens is 326 g/mol. The Morgan fingerprint density at radius 1 is 1.15 bits per heavy atom. The number of carbonyl (C=O) groups is 1. The smallest absolute Gasteiger partial charge is 0.258 e. The van der Waals surface area contributed by atoms with Crippen molar-refractivity contribution >= 4 is 16.8 Å². The maximum Gasteiger partial charge on any atom is 0.258 e. The van der Waals surface area contributed by atoms with Crippen LogP contribution < -0.4 is 5.56 Å². The molecule has 1 aliphatic carbocycles. The van der Waals surface area contributed by atoms with Gasteiger partial charge in [-0.1, -0.05) is 44.2 Å². The fourth-order valence-corrected chi connectivity index (χ4v) is 3.86. The van der Waals surface area contributed by atoms with Crippen LogP contribution in [0.4, 0.5) is 0 Å². The summed E-state index contributed by atoms with van der Waals surface area (Å²) in [6.07, 6.45) is 10.4. The normalized spacial score (nSPS) is 16.2. The first kappa shape index (κ1) is 18.6. The predicted molar refractivity (Wildman–Crippen MR) is 104 cm³/mol. The summed E-state index contributed by atoms with van der Waals surface area (Å²) in [7, 11) is 1.95. The van der Waals surface area contributed by atoms with Gasteiger partial charge in [0.2, 0.25) is 5.91 Å². The van der Waals surface area contributed by atoms with E-state index in [-0.39, 0.29) is 11.5 Å². The number of H-pyrrole nitrogens is 1. The van der Waals surface area contributed by atoms with Crippen molar-refractivity contribution in [2.24, 2.45) is 0 Å². The van der Waals surface area contributed by atoms with Crippen LogP contribution in [-0.4, -0.2) is 33.9 Å². The van der Waals surface area contributed by atoms with E-state index >= 15 is 0 Å². The van der Waals surface area contributed by atoms with Gasteiger partial charge in [-0.05, 0) is 31.4 Å². The minimum Gasteiger partial charge on any atom is -0.343 e. The van der Waals surface area contributed by atoms with Gasteiger partial charge in [0.05, 0.1) is 10.9 Å². The second-order valence-corrected chi connectivity index (χ2v) is 7.39. The molecule has 1 N–H and O–H groups in total. The fraction of sp³-hybridized carbons (Fsp3) is 0.571. The molecule has 1 aromatic carbocycles. The molecule has 0 atom stereocenters. The minimum atomic E-state index is -0.108. The lowest BCUT2D eigenvalue weighted by Crippen LogP contribution is -2.37. The Hall–Kier alpha value is -2.17. The Labute approximate surface area is 154 Å². The van der Waals surface area contributed by atoms with Gasteiger partial charge in [-0.25, -0.2) is 4.98 Å². The minimum absolute atomic E-state index is 0.108. The third kappa shape index (κ3) is 4.71. The van der Waals surface area contributed by atoms with Crippen LogP contribution in [0.15, 0.2) is 29.1 Å². The third-order valence-corrected chi connectivity index (χ3v) is 5.48. The van der Waals surface area contributed by atoms with E-state index in [1.807, 2.05) is 30.1 Å². The zero-order valence-electron chi connectivity index (χ0n) is 15.7. The lowest BCUT2D eigenvalue weighted by Gasteiger charge is -2.30. The van der Waals surface area contributed by atoms with E-state index in [1.165, 1.54) is 32.1 Å². The molecule has 0 radical (unpaired) electrons. The molecule has 0 saturated heterocycles. The molecule has 1 saturated carbocycles. The third-order valence-electron chi connectivity index (χ3n) is 5.48. The molecule has 1 aromatic heterocycles. The van der Waals surface area contributed by atoms with E-state index in [1.54, 1.807) is 6.07 Å².